The smallest absolute Gasteiger partial charge is 0.00670 e. The van der Waals surface area contributed by atoms with Gasteiger partial charge in [0, 0.05) is 6.04 Å². The largest absolute Gasteiger partial charge is 0.314 e. The summed E-state index contributed by atoms with van der Waals surface area (Å²) in [6.45, 7) is 3.55. The highest BCUT2D eigenvalue weighted by atomic mass is 14.9. The van der Waals surface area contributed by atoms with E-state index in [0.717, 1.165) is 6.04 Å². The maximum absolute atomic E-state index is 3.67. The average Bonchev–Trinajstić information content (AvgIpc) is 2.46. The maximum Gasteiger partial charge on any atom is 0.00670 e. The zero-order chi connectivity index (χ0) is 10.1. The third-order valence-corrected chi connectivity index (χ3v) is 3.32. The molecule has 0 aromatic rings. The van der Waals surface area contributed by atoms with Crippen molar-refractivity contribution < 1.29 is 0 Å². The summed E-state index contributed by atoms with van der Waals surface area (Å²) in [6.07, 6.45) is 14.3. The first kappa shape index (κ1) is 12.0. The highest BCUT2D eigenvalue weighted by molar-refractivity contribution is 4.70. The van der Waals surface area contributed by atoms with Gasteiger partial charge in [0.2, 0.25) is 0 Å². The summed E-state index contributed by atoms with van der Waals surface area (Å²) in [5, 5.41) is 3.67. The molecule has 0 radical (unpaired) electrons. The molecule has 0 aliphatic carbocycles. The van der Waals surface area contributed by atoms with Crippen molar-refractivity contribution in [2.45, 2.75) is 77.2 Å². The Morgan fingerprint density at radius 3 is 2.71 bits per heavy atom. The van der Waals surface area contributed by atoms with Crippen LogP contribution in [0.4, 0.5) is 0 Å². The van der Waals surface area contributed by atoms with Crippen molar-refractivity contribution in [3.05, 3.63) is 0 Å². The first-order valence-electron chi connectivity index (χ1n) is 6.67. The third-order valence-electron chi connectivity index (χ3n) is 3.32. The molecule has 1 rings (SSSR count). The molecule has 1 nitrogen and oxygen atoms in total. The predicted molar refractivity (Wildman–Crippen MR) is 63.6 cm³/mol. The molecule has 1 heteroatoms. The van der Waals surface area contributed by atoms with Crippen LogP contribution in [0.3, 0.4) is 0 Å². The van der Waals surface area contributed by atoms with Gasteiger partial charge in [0.1, 0.15) is 0 Å². The molecule has 1 aliphatic heterocycles. The van der Waals surface area contributed by atoms with E-state index in [4.69, 9.17) is 0 Å². The Hall–Kier alpha value is -0.0400. The number of unbranched alkanes of at least 4 members (excludes halogenated alkanes) is 4. The minimum absolute atomic E-state index is 0.846. The van der Waals surface area contributed by atoms with Crippen LogP contribution in [0.25, 0.3) is 0 Å². The standard InChI is InChI=1S/C13H27N/c1-2-3-4-5-7-10-13-11-8-6-9-12-14-13/h13-14H,2-12H2,1H3. The molecule has 1 aliphatic rings. The summed E-state index contributed by atoms with van der Waals surface area (Å²) in [5.74, 6) is 0. The fourth-order valence-electron chi connectivity index (χ4n) is 2.34. The van der Waals surface area contributed by atoms with Gasteiger partial charge in [0.05, 0.1) is 0 Å². The van der Waals surface area contributed by atoms with E-state index in [1.54, 1.807) is 0 Å². The van der Waals surface area contributed by atoms with Gasteiger partial charge in [-0.25, -0.2) is 0 Å². The van der Waals surface area contributed by atoms with Crippen molar-refractivity contribution in [1.82, 2.24) is 5.32 Å². The van der Waals surface area contributed by atoms with Crippen molar-refractivity contribution in [3.8, 4) is 0 Å². The molecule has 1 fully saturated rings. The van der Waals surface area contributed by atoms with E-state index < -0.39 is 0 Å². The highest BCUT2D eigenvalue weighted by Crippen LogP contribution is 2.14. The SMILES string of the molecule is CCCCCCCC1CCCCCN1. The topological polar surface area (TPSA) is 12.0 Å². The van der Waals surface area contributed by atoms with Gasteiger partial charge in [0.15, 0.2) is 0 Å². The van der Waals surface area contributed by atoms with Crippen LogP contribution in [0.2, 0.25) is 0 Å². The van der Waals surface area contributed by atoms with Gasteiger partial charge in [-0.15, -0.1) is 0 Å². The fraction of sp³-hybridized carbons (Fsp3) is 1.00. The third kappa shape index (κ3) is 5.64. The van der Waals surface area contributed by atoms with Gasteiger partial charge in [-0.3, -0.25) is 0 Å². The second kappa shape index (κ2) is 8.28. The van der Waals surface area contributed by atoms with Gasteiger partial charge in [-0.2, -0.15) is 0 Å². The average molecular weight is 197 g/mol. The molecular formula is C13H27N. The molecule has 0 amide bonds. The van der Waals surface area contributed by atoms with E-state index in [1.165, 1.54) is 70.8 Å². The van der Waals surface area contributed by atoms with Crippen LogP contribution in [0.5, 0.6) is 0 Å². The van der Waals surface area contributed by atoms with Crippen molar-refractivity contribution in [2.24, 2.45) is 0 Å². The minimum Gasteiger partial charge on any atom is -0.314 e. The van der Waals surface area contributed by atoms with Crippen molar-refractivity contribution >= 4 is 0 Å². The number of hydrogen-bond donors (Lipinski definition) is 1. The maximum atomic E-state index is 3.67. The van der Waals surface area contributed by atoms with E-state index in [0.29, 0.717) is 0 Å². The van der Waals surface area contributed by atoms with Gasteiger partial charge in [0.25, 0.3) is 0 Å². The molecule has 0 saturated carbocycles. The van der Waals surface area contributed by atoms with Crippen LogP contribution in [0, 0.1) is 0 Å². The fourth-order valence-corrected chi connectivity index (χ4v) is 2.34. The van der Waals surface area contributed by atoms with Crippen LogP contribution in [-0.4, -0.2) is 12.6 Å². The molecule has 0 aromatic heterocycles. The summed E-state index contributed by atoms with van der Waals surface area (Å²) >= 11 is 0. The summed E-state index contributed by atoms with van der Waals surface area (Å²) in [6, 6.07) is 0.846. The van der Waals surface area contributed by atoms with Crippen molar-refractivity contribution in [1.29, 1.82) is 0 Å². The van der Waals surface area contributed by atoms with Gasteiger partial charge in [-0.05, 0) is 25.8 Å². The van der Waals surface area contributed by atoms with Gasteiger partial charge < -0.3 is 5.32 Å². The molecule has 0 bridgehead atoms. The highest BCUT2D eigenvalue weighted by Gasteiger charge is 2.09. The number of hydrogen-bond acceptors (Lipinski definition) is 1. The van der Waals surface area contributed by atoms with Crippen LogP contribution >= 0.6 is 0 Å². The summed E-state index contributed by atoms with van der Waals surface area (Å²) in [7, 11) is 0. The van der Waals surface area contributed by atoms with Crippen LogP contribution in [0.15, 0.2) is 0 Å². The van der Waals surface area contributed by atoms with Crippen LogP contribution < -0.4 is 5.32 Å². The lowest BCUT2D eigenvalue weighted by Crippen LogP contribution is -2.27. The Labute approximate surface area is 89.7 Å². The van der Waals surface area contributed by atoms with E-state index in [-0.39, 0.29) is 0 Å². The lowest BCUT2D eigenvalue weighted by Gasteiger charge is -2.15. The number of nitrogens with one attached hydrogen (secondary N) is 1. The molecule has 1 N–H and O–H groups in total. The minimum atomic E-state index is 0.846. The zero-order valence-corrected chi connectivity index (χ0v) is 9.86. The van der Waals surface area contributed by atoms with Crippen molar-refractivity contribution in [2.75, 3.05) is 6.54 Å². The quantitative estimate of drug-likeness (QED) is 0.637. The normalized spacial score (nSPS) is 23.4. The Bertz CT molecular complexity index is 114. The molecule has 1 atom stereocenters. The van der Waals surface area contributed by atoms with Crippen molar-refractivity contribution in [3.63, 3.8) is 0 Å². The summed E-state index contributed by atoms with van der Waals surface area (Å²) in [5.41, 5.74) is 0. The Balaban J connectivity index is 1.93. The van der Waals surface area contributed by atoms with Gasteiger partial charge >= 0.3 is 0 Å². The first-order valence-corrected chi connectivity index (χ1v) is 6.67. The second-order valence-electron chi connectivity index (χ2n) is 4.70. The Morgan fingerprint density at radius 2 is 1.86 bits per heavy atom. The Morgan fingerprint density at radius 1 is 1.00 bits per heavy atom. The molecular weight excluding hydrogens is 170 g/mol. The lowest BCUT2D eigenvalue weighted by atomic mass is 10.0. The zero-order valence-electron chi connectivity index (χ0n) is 9.86. The van der Waals surface area contributed by atoms with E-state index in [9.17, 15) is 0 Å². The summed E-state index contributed by atoms with van der Waals surface area (Å²) < 4.78 is 0. The monoisotopic (exact) mass is 197 g/mol. The number of rotatable bonds is 6. The van der Waals surface area contributed by atoms with Crippen LogP contribution in [0.1, 0.15) is 71.1 Å². The molecule has 1 saturated heterocycles. The summed E-state index contributed by atoms with van der Waals surface area (Å²) in [4.78, 5) is 0. The molecule has 14 heavy (non-hydrogen) atoms. The lowest BCUT2D eigenvalue weighted by molar-refractivity contribution is 0.450. The van der Waals surface area contributed by atoms with E-state index >= 15 is 0 Å². The molecule has 0 aromatic carbocycles. The van der Waals surface area contributed by atoms with Gasteiger partial charge in [-0.1, -0.05) is 51.9 Å². The van der Waals surface area contributed by atoms with E-state index in [2.05, 4.69) is 12.2 Å². The van der Waals surface area contributed by atoms with Crippen LogP contribution in [-0.2, 0) is 0 Å². The molecule has 84 valence electrons. The van der Waals surface area contributed by atoms with E-state index in [1.807, 2.05) is 0 Å². The molecule has 1 unspecified atom stereocenters. The molecule has 1 heterocycles. The first-order chi connectivity index (χ1) is 6.93. The molecule has 0 spiro atoms. The Kier molecular flexibility index (Phi) is 7.12. The predicted octanol–water partition coefficient (Wildman–Crippen LogP) is 3.88. The second-order valence-corrected chi connectivity index (χ2v) is 4.70.